The van der Waals surface area contributed by atoms with Gasteiger partial charge in [0.15, 0.2) is 14.9 Å². The largest absolute Gasteiger partial charge is 0.269 e. The Morgan fingerprint density at radius 3 is 2.32 bits per heavy atom. The molecule has 1 aromatic heterocycles. The van der Waals surface area contributed by atoms with Crippen LogP contribution in [0.3, 0.4) is 0 Å². The van der Waals surface area contributed by atoms with Gasteiger partial charge in [-0.1, -0.05) is 18.2 Å². The molecule has 0 N–H and O–H groups in total. The van der Waals surface area contributed by atoms with E-state index in [2.05, 4.69) is 4.98 Å². The van der Waals surface area contributed by atoms with Gasteiger partial charge in [0.05, 0.1) is 10.7 Å². The highest BCUT2D eigenvalue weighted by Gasteiger charge is 2.16. The van der Waals surface area contributed by atoms with Crippen LogP contribution >= 0.6 is 0 Å². The Morgan fingerprint density at radius 2 is 1.79 bits per heavy atom. The van der Waals surface area contributed by atoms with Crippen LogP contribution in [0.4, 0.5) is 5.69 Å². The van der Waals surface area contributed by atoms with Crippen LogP contribution in [0.25, 0.3) is 0 Å². The zero-order chi connectivity index (χ0) is 13.9. The molecule has 0 amide bonds. The molecule has 0 fully saturated rings. The number of sulfone groups is 1. The van der Waals surface area contributed by atoms with Crippen molar-refractivity contribution < 1.29 is 13.3 Å². The molecule has 0 spiro atoms. The van der Waals surface area contributed by atoms with Gasteiger partial charge in [-0.3, -0.25) is 10.1 Å². The first-order chi connectivity index (χ1) is 8.99. The van der Waals surface area contributed by atoms with E-state index < -0.39 is 14.8 Å². The second-order valence-corrected chi connectivity index (χ2v) is 5.79. The lowest BCUT2D eigenvalue weighted by atomic mass is 10.2. The minimum absolute atomic E-state index is 0.00615. The third kappa shape index (κ3) is 3.14. The van der Waals surface area contributed by atoms with E-state index in [9.17, 15) is 18.5 Å². The van der Waals surface area contributed by atoms with Gasteiger partial charge in [-0.2, -0.15) is 0 Å². The third-order valence-corrected chi connectivity index (χ3v) is 4.05. The first-order valence-corrected chi connectivity index (χ1v) is 7.01. The zero-order valence-corrected chi connectivity index (χ0v) is 10.6. The number of rotatable bonds is 4. The van der Waals surface area contributed by atoms with Crippen molar-refractivity contribution in [3.8, 4) is 0 Å². The number of nitrogens with zero attached hydrogens (tertiary/aromatic N) is 2. The Hall–Kier alpha value is -2.28. The fourth-order valence-electron chi connectivity index (χ4n) is 1.54. The van der Waals surface area contributed by atoms with Gasteiger partial charge in [-0.15, -0.1) is 0 Å². The first kappa shape index (κ1) is 13.2. The summed E-state index contributed by atoms with van der Waals surface area (Å²) in [6.45, 7) is 0. The molecule has 0 aliphatic heterocycles. The minimum Gasteiger partial charge on any atom is -0.258 e. The van der Waals surface area contributed by atoms with E-state index in [1.165, 1.54) is 36.5 Å². The highest BCUT2D eigenvalue weighted by atomic mass is 32.2. The zero-order valence-electron chi connectivity index (χ0n) is 9.76. The maximum Gasteiger partial charge on any atom is 0.269 e. The quantitative estimate of drug-likeness (QED) is 0.630. The number of nitro benzene ring substituents is 1. The van der Waals surface area contributed by atoms with Crippen LogP contribution in [0.15, 0.2) is 53.7 Å². The minimum atomic E-state index is -3.53. The lowest BCUT2D eigenvalue weighted by molar-refractivity contribution is -0.384. The molecule has 0 unspecified atom stereocenters. The molecule has 19 heavy (non-hydrogen) atoms. The summed E-state index contributed by atoms with van der Waals surface area (Å²) in [5.74, 6) is -0.234. The molecule has 0 radical (unpaired) electrons. The van der Waals surface area contributed by atoms with Crippen molar-refractivity contribution in [3.63, 3.8) is 0 Å². The van der Waals surface area contributed by atoms with E-state index in [1.807, 2.05) is 0 Å². The van der Waals surface area contributed by atoms with Gasteiger partial charge < -0.3 is 0 Å². The Balaban J connectivity index is 2.24. The van der Waals surface area contributed by atoms with Crippen LogP contribution in [-0.4, -0.2) is 18.3 Å². The summed E-state index contributed by atoms with van der Waals surface area (Å²) < 4.78 is 24.0. The van der Waals surface area contributed by atoms with Gasteiger partial charge in [0, 0.05) is 18.3 Å². The molecular formula is C12H10N2O4S. The summed E-state index contributed by atoms with van der Waals surface area (Å²) in [5, 5.41) is 10.5. The second-order valence-electron chi connectivity index (χ2n) is 3.85. The Bertz CT molecular complexity index is 681. The Kier molecular flexibility index (Phi) is 3.57. The van der Waals surface area contributed by atoms with Gasteiger partial charge in [0.25, 0.3) is 5.69 Å². The van der Waals surface area contributed by atoms with E-state index in [-0.39, 0.29) is 16.5 Å². The maximum absolute atomic E-state index is 12.0. The summed E-state index contributed by atoms with van der Waals surface area (Å²) in [4.78, 5) is 13.8. The molecule has 0 saturated heterocycles. The third-order valence-electron chi connectivity index (χ3n) is 2.46. The predicted molar refractivity (Wildman–Crippen MR) is 68.2 cm³/mol. The molecule has 0 aliphatic rings. The topological polar surface area (TPSA) is 90.2 Å². The monoisotopic (exact) mass is 278 g/mol. The molecule has 2 aromatic rings. The van der Waals surface area contributed by atoms with Crippen LogP contribution in [-0.2, 0) is 15.6 Å². The first-order valence-electron chi connectivity index (χ1n) is 5.36. The van der Waals surface area contributed by atoms with Gasteiger partial charge in [-0.25, -0.2) is 13.4 Å². The van der Waals surface area contributed by atoms with Gasteiger partial charge in [0.1, 0.15) is 0 Å². The average molecular weight is 278 g/mol. The number of non-ortho nitro benzene ring substituents is 1. The highest BCUT2D eigenvalue weighted by molar-refractivity contribution is 7.90. The number of benzene rings is 1. The Labute approximate surface area is 109 Å². The number of hydrogen-bond donors (Lipinski definition) is 0. The van der Waals surface area contributed by atoms with Crippen LogP contribution < -0.4 is 0 Å². The molecule has 98 valence electrons. The SMILES string of the molecule is O=[N+]([O-])c1ccc(CS(=O)(=O)c2ccccn2)cc1. The van der Waals surface area contributed by atoms with Crippen molar-refractivity contribution in [3.05, 3.63) is 64.3 Å². The Morgan fingerprint density at radius 1 is 1.11 bits per heavy atom. The summed E-state index contributed by atoms with van der Waals surface area (Å²) in [6, 6.07) is 10.1. The predicted octanol–water partition coefficient (Wildman–Crippen LogP) is 1.96. The van der Waals surface area contributed by atoms with Crippen molar-refractivity contribution in [2.75, 3.05) is 0 Å². The average Bonchev–Trinajstić information content (AvgIpc) is 2.40. The fraction of sp³-hybridized carbons (Fsp3) is 0.0833. The van der Waals surface area contributed by atoms with Gasteiger partial charge >= 0.3 is 0 Å². The summed E-state index contributed by atoms with van der Waals surface area (Å²) in [7, 11) is -3.53. The number of pyridine rings is 1. The lowest BCUT2D eigenvalue weighted by Gasteiger charge is -2.03. The van der Waals surface area contributed by atoms with E-state index in [4.69, 9.17) is 0 Å². The number of hydrogen-bond acceptors (Lipinski definition) is 5. The number of nitro groups is 1. The van der Waals surface area contributed by atoms with E-state index in [1.54, 1.807) is 12.1 Å². The molecule has 2 rings (SSSR count). The van der Waals surface area contributed by atoms with Crippen molar-refractivity contribution >= 4 is 15.5 Å². The molecule has 7 heteroatoms. The van der Waals surface area contributed by atoms with Crippen LogP contribution in [0.1, 0.15) is 5.56 Å². The van der Waals surface area contributed by atoms with Gasteiger partial charge in [0.2, 0.25) is 0 Å². The van der Waals surface area contributed by atoms with Gasteiger partial charge in [-0.05, 0) is 17.7 Å². The number of aromatic nitrogens is 1. The molecule has 6 nitrogen and oxygen atoms in total. The molecule has 0 saturated carbocycles. The van der Waals surface area contributed by atoms with Crippen molar-refractivity contribution in [1.29, 1.82) is 0 Å². The highest BCUT2D eigenvalue weighted by Crippen LogP contribution is 2.17. The maximum atomic E-state index is 12.0. The second kappa shape index (κ2) is 5.15. The smallest absolute Gasteiger partial charge is 0.258 e. The molecule has 0 bridgehead atoms. The summed E-state index contributed by atoms with van der Waals surface area (Å²) >= 11 is 0. The van der Waals surface area contributed by atoms with Crippen molar-refractivity contribution in [2.45, 2.75) is 10.8 Å². The lowest BCUT2D eigenvalue weighted by Crippen LogP contribution is -2.06. The molecule has 1 heterocycles. The molecular weight excluding hydrogens is 268 g/mol. The normalized spacial score (nSPS) is 11.2. The summed E-state index contributed by atoms with van der Waals surface area (Å²) in [5.41, 5.74) is 0.412. The summed E-state index contributed by atoms with van der Waals surface area (Å²) in [6.07, 6.45) is 1.41. The van der Waals surface area contributed by atoms with Crippen molar-refractivity contribution in [1.82, 2.24) is 4.98 Å². The fourth-order valence-corrected chi connectivity index (χ4v) is 2.82. The van der Waals surface area contributed by atoms with E-state index >= 15 is 0 Å². The van der Waals surface area contributed by atoms with E-state index in [0.717, 1.165) is 0 Å². The molecule has 0 atom stereocenters. The van der Waals surface area contributed by atoms with Crippen LogP contribution in [0, 0.1) is 10.1 Å². The molecule has 1 aromatic carbocycles. The van der Waals surface area contributed by atoms with Crippen molar-refractivity contribution in [2.24, 2.45) is 0 Å². The molecule has 0 aliphatic carbocycles. The van der Waals surface area contributed by atoms with E-state index in [0.29, 0.717) is 5.56 Å². The van der Waals surface area contributed by atoms with Crippen LogP contribution in [0.5, 0.6) is 0 Å². The van der Waals surface area contributed by atoms with Crippen LogP contribution in [0.2, 0.25) is 0 Å². The standard InChI is InChI=1S/C12H10N2O4S/c15-14(16)11-6-4-10(5-7-11)9-19(17,18)12-3-1-2-8-13-12/h1-8H,9H2.